The zero-order valence-corrected chi connectivity index (χ0v) is 12.7. The second kappa shape index (κ2) is 4.83. The average Bonchev–Trinajstić information content (AvgIpc) is 2.17. The van der Waals surface area contributed by atoms with E-state index in [2.05, 4.69) is 25.8 Å². The summed E-state index contributed by atoms with van der Waals surface area (Å²) in [4.78, 5) is 16.8. The van der Waals surface area contributed by atoms with Gasteiger partial charge >= 0.3 is 0 Å². The molecule has 0 fully saturated rings. The number of rotatable bonds is 2. The number of carbonyl (C=O) groups is 1. The van der Waals surface area contributed by atoms with E-state index in [1.165, 1.54) is 0 Å². The van der Waals surface area contributed by atoms with Crippen LogP contribution in [0.3, 0.4) is 0 Å². The molecular weight excluding hydrogens is 222 g/mol. The first-order valence-corrected chi connectivity index (χ1v) is 6.52. The number of carbonyl (C=O) groups excluding carboxylic acids is 1. The molecule has 0 atom stereocenters. The number of aromatic nitrogens is 1. The van der Waals surface area contributed by atoms with Gasteiger partial charge in [-0.1, -0.05) is 41.5 Å². The summed E-state index contributed by atoms with van der Waals surface area (Å²) in [5.74, 6) is 0.201. The molecule has 0 aliphatic heterocycles. The monoisotopic (exact) mass is 247 g/mol. The quantitative estimate of drug-likeness (QED) is 0.733. The third-order valence-electron chi connectivity index (χ3n) is 2.90. The summed E-state index contributed by atoms with van der Waals surface area (Å²) in [6.45, 7) is 14.4. The molecule has 0 aliphatic carbocycles. The second-order valence-electron chi connectivity index (χ2n) is 7.24. The van der Waals surface area contributed by atoms with Gasteiger partial charge in [0.2, 0.25) is 0 Å². The zero-order valence-electron chi connectivity index (χ0n) is 12.7. The maximum Gasteiger partial charge on any atom is 0.168 e. The van der Waals surface area contributed by atoms with Gasteiger partial charge in [-0.3, -0.25) is 9.78 Å². The van der Waals surface area contributed by atoms with Gasteiger partial charge in [0, 0.05) is 22.9 Å². The van der Waals surface area contributed by atoms with Crippen LogP contribution in [0.1, 0.15) is 63.2 Å². The van der Waals surface area contributed by atoms with Crippen LogP contribution in [-0.2, 0) is 6.42 Å². The average molecular weight is 247 g/mol. The Balaban J connectivity index is 3.29. The molecule has 1 aromatic rings. The van der Waals surface area contributed by atoms with Gasteiger partial charge in [-0.05, 0) is 30.4 Å². The SMILES string of the molecule is Cc1nccc(C(=O)C(C)(C)C)c1CC(C)(C)C. The lowest BCUT2D eigenvalue weighted by Crippen LogP contribution is -2.24. The number of ketones is 1. The Morgan fingerprint density at radius 3 is 2.17 bits per heavy atom. The standard InChI is InChI=1S/C16H25NO/c1-11-13(10-15(2,3)4)12(8-9-17-11)14(18)16(5,6)7/h8-9H,10H2,1-7H3. The summed E-state index contributed by atoms with van der Waals surface area (Å²) in [7, 11) is 0. The molecule has 0 unspecified atom stereocenters. The molecule has 1 heterocycles. The summed E-state index contributed by atoms with van der Waals surface area (Å²) in [6.07, 6.45) is 2.62. The number of hydrogen-bond donors (Lipinski definition) is 0. The highest BCUT2D eigenvalue weighted by Gasteiger charge is 2.27. The summed E-state index contributed by atoms with van der Waals surface area (Å²) >= 11 is 0. The molecule has 2 nitrogen and oxygen atoms in total. The van der Waals surface area contributed by atoms with Crippen LogP contribution in [-0.4, -0.2) is 10.8 Å². The van der Waals surface area contributed by atoms with Crippen molar-refractivity contribution in [2.24, 2.45) is 10.8 Å². The molecule has 18 heavy (non-hydrogen) atoms. The summed E-state index contributed by atoms with van der Waals surface area (Å²) in [6, 6.07) is 1.86. The molecule has 2 heteroatoms. The minimum atomic E-state index is -0.347. The fourth-order valence-electron chi connectivity index (χ4n) is 1.97. The third kappa shape index (κ3) is 3.66. The molecule has 100 valence electrons. The van der Waals surface area contributed by atoms with Crippen molar-refractivity contribution in [3.8, 4) is 0 Å². The van der Waals surface area contributed by atoms with Crippen LogP contribution in [0.15, 0.2) is 12.3 Å². The van der Waals surface area contributed by atoms with Gasteiger partial charge < -0.3 is 0 Å². The molecule has 0 aromatic carbocycles. The Hall–Kier alpha value is -1.18. The smallest absolute Gasteiger partial charge is 0.168 e. The van der Waals surface area contributed by atoms with Crippen molar-refractivity contribution in [3.05, 3.63) is 29.1 Å². The predicted molar refractivity (Wildman–Crippen MR) is 75.9 cm³/mol. The molecule has 0 spiro atoms. The first kappa shape index (κ1) is 14.9. The van der Waals surface area contributed by atoms with Gasteiger partial charge in [0.05, 0.1) is 0 Å². The summed E-state index contributed by atoms with van der Waals surface area (Å²) < 4.78 is 0. The van der Waals surface area contributed by atoms with Gasteiger partial charge in [0.15, 0.2) is 5.78 Å². The molecule has 0 bridgehead atoms. The lowest BCUT2D eigenvalue weighted by molar-refractivity contribution is 0.0856. The van der Waals surface area contributed by atoms with E-state index in [1.54, 1.807) is 6.20 Å². The number of Topliss-reactive ketones (excluding diaryl/α,β-unsaturated/α-hetero) is 1. The molecule has 0 saturated heterocycles. The zero-order chi connectivity index (χ0) is 14.1. The molecule has 0 aliphatic rings. The van der Waals surface area contributed by atoms with E-state index in [0.29, 0.717) is 0 Å². The van der Waals surface area contributed by atoms with Gasteiger partial charge in [-0.25, -0.2) is 0 Å². The summed E-state index contributed by atoms with van der Waals surface area (Å²) in [5.41, 5.74) is 2.72. The molecule has 0 radical (unpaired) electrons. The minimum absolute atomic E-state index is 0.153. The van der Waals surface area contributed by atoms with Crippen molar-refractivity contribution in [1.29, 1.82) is 0 Å². The van der Waals surface area contributed by atoms with Crippen LogP contribution < -0.4 is 0 Å². The first-order chi connectivity index (χ1) is 8.02. The van der Waals surface area contributed by atoms with Crippen molar-refractivity contribution >= 4 is 5.78 Å². The number of hydrogen-bond acceptors (Lipinski definition) is 2. The van der Waals surface area contributed by atoms with E-state index in [-0.39, 0.29) is 16.6 Å². The number of pyridine rings is 1. The molecule has 1 rings (SSSR count). The van der Waals surface area contributed by atoms with E-state index in [1.807, 2.05) is 33.8 Å². The molecule has 0 N–H and O–H groups in total. The minimum Gasteiger partial charge on any atom is -0.294 e. The molecule has 1 aromatic heterocycles. The fraction of sp³-hybridized carbons (Fsp3) is 0.625. The van der Waals surface area contributed by atoms with E-state index >= 15 is 0 Å². The van der Waals surface area contributed by atoms with Crippen molar-refractivity contribution in [2.45, 2.75) is 54.9 Å². The summed E-state index contributed by atoms with van der Waals surface area (Å²) in [5, 5.41) is 0. The van der Waals surface area contributed by atoms with Crippen LogP contribution in [0.5, 0.6) is 0 Å². The normalized spacial score (nSPS) is 12.6. The van der Waals surface area contributed by atoms with Crippen LogP contribution in [0.2, 0.25) is 0 Å². The maximum atomic E-state index is 12.5. The highest BCUT2D eigenvalue weighted by Crippen LogP contribution is 2.29. The highest BCUT2D eigenvalue weighted by molar-refractivity contribution is 6.01. The Morgan fingerprint density at radius 1 is 1.17 bits per heavy atom. The van der Waals surface area contributed by atoms with Crippen molar-refractivity contribution in [3.63, 3.8) is 0 Å². The van der Waals surface area contributed by atoms with Crippen molar-refractivity contribution < 1.29 is 4.79 Å². The van der Waals surface area contributed by atoms with E-state index in [0.717, 1.165) is 23.2 Å². The Kier molecular flexibility index (Phi) is 3.99. The largest absolute Gasteiger partial charge is 0.294 e. The predicted octanol–water partition coefficient (Wildman–Crippen LogP) is 4.21. The highest BCUT2D eigenvalue weighted by atomic mass is 16.1. The molecular formula is C16H25NO. The fourth-order valence-corrected chi connectivity index (χ4v) is 1.97. The number of nitrogens with zero attached hydrogens (tertiary/aromatic N) is 1. The Bertz CT molecular complexity index is 447. The van der Waals surface area contributed by atoms with E-state index < -0.39 is 0 Å². The van der Waals surface area contributed by atoms with Crippen LogP contribution in [0.4, 0.5) is 0 Å². The van der Waals surface area contributed by atoms with Crippen molar-refractivity contribution in [1.82, 2.24) is 4.98 Å². The van der Waals surface area contributed by atoms with Crippen molar-refractivity contribution in [2.75, 3.05) is 0 Å². The van der Waals surface area contributed by atoms with Gasteiger partial charge in [-0.15, -0.1) is 0 Å². The Morgan fingerprint density at radius 2 is 1.72 bits per heavy atom. The van der Waals surface area contributed by atoms with Gasteiger partial charge in [-0.2, -0.15) is 0 Å². The van der Waals surface area contributed by atoms with Crippen LogP contribution >= 0.6 is 0 Å². The van der Waals surface area contributed by atoms with E-state index in [9.17, 15) is 4.79 Å². The lowest BCUT2D eigenvalue weighted by atomic mass is 9.80. The second-order valence-corrected chi connectivity index (χ2v) is 7.24. The number of aryl methyl sites for hydroxylation is 1. The van der Waals surface area contributed by atoms with Gasteiger partial charge in [0.1, 0.15) is 0 Å². The van der Waals surface area contributed by atoms with Crippen LogP contribution in [0.25, 0.3) is 0 Å². The lowest BCUT2D eigenvalue weighted by Gasteiger charge is -2.24. The maximum absolute atomic E-state index is 12.5. The molecule has 0 amide bonds. The molecule has 0 saturated carbocycles. The van der Waals surface area contributed by atoms with E-state index in [4.69, 9.17) is 0 Å². The first-order valence-electron chi connectivity index (χ1n) is 6.52. The Labute approximate surface area is 111 Å². The van der Waals surface area contributed by atoms with Gasteiger partial charge in [0.25, 0.3) is 0 Å². The third-order valence-corrected chi connectivity index (χ3v) is 2.90. The topological polar surface area (TPSA) is 30.0 Å². The van der Waals surface area contributed by atoms with Crippen LogP contribution in [0, 0.1) is 17.8 Å².